The van der Waals surface area contributed by atoms with E-state index in [0.717, 1.165) is 18.4 Å². The summed E-state index contributed by atoms with van der Waals surface area (Å²) in [6, 6.07) is 5.73. The number of ether oxygens (including phenoxy) is 1. The SMILES string of the molecule is CCCOc1ccc(CCN(C)CC(=O)O)cc1N. The third kappa shape index (κ3) is 5.61. The number of rotatable bonds is 8. The molecule has 106 valence electrons. The molecule has 3 N–H and O–H groups in total. The van der Waals surface area contributed by atoms with Gasteiger partial charge in [0, 0.05) is 6.54 Å². The molecule has 0 saturated carbocycles. The molecule has 0 aliphatic carbocycles. The summed E-state index contributed by atoms with van der Waals surface area (Å²) in [5.74, 6) is -0.102. The first-order valence-corrected chi connectivity index (χ1v) is 6.44. The lowest BCUT2D eigenvalue weighted by atomic mass is 10.1. The molecule has 0 aliphatic heterocycles. The number of nitrogens with two attached hydrogens (primary N) is 1. The van der Waals surface area contributed by atoms with Crippen LogP contribution in [0.4, 0.5) is 5.69 Å². The molecule has 0 spiro atoms. The van der Waals surface area contributed by atoms with Crippen LogP contribution in [-0.2, 0) is 11.2 Å². The molecule has 0 unspecified atom stereocenters. The second-order valence-corrected chi connectivity index (χ2v) is 4.60. The van der Waals surface area contributed by atoms with Gasteiger partial charge < -0.3 is 15.6 Å². The van der Waals surface area contributed by atoms with Crippen molar-refractivity contribution in [2.45, 2.75) is 19.8 Å². The molecule has 0 amide bonds. The van der Waals surface area contributed by atoms with Crippen LogP contribution in [0.2, 0.25) is 0 Å². The summed E-state index contributed by atoms with van der Waals surface area (Å²) in [5, 5.41) is 8.67. The first-order chi connectivity index (χ1) is 9.02. The summed E-state index contributed by atoms with van der Waals surface area (Å²) in [6.45, 7) is 3.43. The molecule has 0 aliphatic rings. The molecule has 0 saturated heterocycles. The fourth-order valence-electron chi connectivity index (χ4n) is 1.73. The Morgan fingerprint density at radius 2 is 2.21 bits per heavy atom. The molecule has 0 radical (unpaired) electrons. The average Bonchev–Trinajstić information content (AvgIpc) is 2.34. The molecule has 0 fully saturated rings. The zero-order valence-corrected chi connectivity index (χ0v) is 11.6. The van der Waals surface area contributed by atoms with Crippen LogP contribution in [0.25, 0.3) is 0 Å². The van der Waals surface area contributed by atoms with Crippen molar-refractivity contribution >= 4 is 11.7 Å². The lowest BCUT2D eigenvalue weighted by Crippen LogP contribution is -2.27. The van der Waals surface area contributed by atoms with Gasteiger partial charge in [0.15, 0.2) is 0 Å². The van der Waals surface area contributed by atoms with Crippen molar-refractivity contribution in [1.29, 1.82) is 0 Å². The second-order valence-electron chi connectivity index (χ2n) is 4.60. The topological polar surface area (TPSA) is 75.8 Å². The Kier molecular flexibility index (Phi) is 6.15. The van der Waals surface area contributed by atoms with E-state index < -0.39 is 5.97 Å². The lowest BCUT2D eigenvalue weighted by molar-refractivity contribution is -0.137. The van der Waals surface area contributed by atoms with Crippen LogP contribution in [0.15, 0.2) is 18.2 Å². The minimum Gasteiger partial charge on any atom is -0.491 e. The van der Waals surface area contributed by atoms with Gasteiger partial charge in [-0.3, -0.25) is 9.69 Å². The minimum absolute atomic E-state index is 0.0488. The van der Waals surface area contributed by atoms with E-state index in [4.69, 9.17) is 15.6 Å². The van der Waals surface area contributed by atoms with Gasteiger partial charge in [-0.05, 0) is 37.6 Å². The highest BCUT2D eigenvalue weighted by Gasteiger charge is 2.06. The Labute approximate surface area is 114 Å². The maximum Gasteiger partial charge on any atom is 0.317 e. The van der Waals surface area contributed by atoms with Gasteiger partial charge in [0.1, 0.15) is 5.75 Å². The number of benzene rings is 1. The van der Waals surface area contributed by atoms with E-state index in [9.17, 15) is 4.79 Å². The monoisotopic (exact) mass is 266 g/mol. The second kappa shape index (κ2) is 7.63. The lowest BCUT2D eigenvalue weighted by Gasteiger charge is -2.14. The highest BCUT2D eigenvalue weighted by Crippen LogP contribution is 2.22. The molecule has 0 aromatic heterocycles. The quantitative estimate of drug-likeness (QED) is 0.699. The standard InChI is InChI=1S/C14H22N2O3/c1-3-8-19-13-5-4-11(9-12(13)15)6-7-16(2)10-14(17)18/h4-5,9H,3,6-8,10,15H2,1-2H3,(H,17,18). The van der Waals surface area contributed by atoms with Crippen molar-refractivity contribution in [2.24, 2.45) is 0 Å². The molecule has 1 aromatic rings. The third-order valence-electron chi connectivity index (χ3n) is 2.72. The Hall–Kier alpha value is -1.75. The van der Waals surface area contributed by atoms with Gasteiger partial charge in [0.05, 0.1) is 18.8 Å². The van der Waals surface area contributed by atoms with E-state index in [1.54, 1.807) is 11.9 Å². The van der Waals surface area contributed by atoms with Crippen molar-refractivity contribution in [3.8, 4) is 5.75 Å². The van der Waals surface area contributed by atoms with E-state index in [2.05, 4.69) is 0 Å². The van der Waals surface area contributed by atoms with Crippen molar-refractivity contribution in [2.75, 3.05) is 32.5 Å². The summed E-state index contributed by atoms with van der Waals surface area (Å²) in [4.78, 5) is 12.3. The maximum atomic E-state index is 10.5. The number of aliphatic carboxylic acids is 1. The van der Waals surface area contributed by atoms with Crippen LogP contribution in [-0.4, -0.2) is 42.7 Å². The first-order valence-electron chi connectivity index (χ1n) is 6.44. The summed E-state index contributed by atoms with van der Waals surface area (Å²) in [6.07, 6.45) is 1.71. The first kappa shape index (κ1) is 15.3. The summed E-state index contributed by atoms with van der Waals surface area (Å²) >= 11 is 0. The van der Waals surface area contributed by atoms with Crippen LogP contribution in [0, 0.1) is 0 Å². The zero-order valence-electron chi connectivity index (χ0n) is 11.6. The van der Waals surface area contributed by atoms with Gasteiger partial charge >= 0.3 is 5.97 Å². The Morgan fingerprint density at radius 3 is 2.79 bits per heavy atom. The van der Waals surface area contributed by atoms with E-state index in [1.165, 1.54) is 0 Å². The molecule has 0 bridgehead atoms. The highest BCUT2D eigenvalue weighted by atomic mass is 16.5. The molecule has 1 rings (SSSR count). The smallest absolute Gasteiger partial charge is 0.317 e. The van der Waals surface area contributed by atoms with E-state index in [1.807, 2.05) is 25.1 Å². The molecular weight excluding hydrogens is 244 g/mol. The van der Waals surface area contributed by atoms with Crippen molar-refractivity contribution in [1.82, 2.24) is 4.90 Å². The zero-order chi connectivity index (χ0) is 14.3. The Morgan fingerprint density at radius 1 is 1.47 bits per heavy atom. The van der Waals surface area contributed by atoms with E-state index in [0.29, 0.717) is 24.6 Å². The number of nitrogens with zero attached hydrogens (tertiary/aromatic N) is 1. The molecule has 5 heteroatoms. The normalized spacial score (nSPS) is 10.7. The van der Waals surface area contributed by atoms with Gasteiger partial charge in [-0.25, -0.2) is 0 Å². The molecule has 19 heavy (non-hydrogen) atoms. The predicted molar refractivity (Wildman–Crippen MR) is 75.5 cm³/mol. The average molecular weight is 266 g/mol. The van der Waals surface area contributed by atoms with Gasteiger partial charge in [0.25, 0.3) is 0 Å². The van der Waals surface area contributed by atoms with Gasteiger partial charge in [-0.1, -0.05) is 13.0 Å². The van der Waals surface area contributed by atoms with Gasteiger partial charge in [-0.2, -0.15) is 0 Å². The van der Waals surface area contributed by atoms with Crippen LogP contribution in [0.5, 0.6) is 5.75 Å². The number of carboxylic acids is 1. The number of likely N-dealkylation sites (N-methyl/N-ethyl adjacent to an activating group) is 1. The number of hydrogen-bond donors (Lipinski definition) is 2. The number of carboxylic acid groups (broad SMARTS) is 1. The fourth-order valence-corrected chi connectivity index (χ4v) is 1.73. The largest absolute Gasteiger partial charge is 0.491 e. The fraction of sp³-hybridized carbons (Fsp3) is 0.500. The number of hydrogen-bond acceptors (Lipinski definition) is 4. The number of anilines is 1. The number of carbonyl (C=O) groups is 1. The van der Waals surface area contributed by atoms with Crippen LogP contribution in [0.3, 0.4) is 0 Å². The van der Waals surface area contributed by atoms with Crippen LogP contribution < -0.4 is 10.5 Å². The third-order valence-corrected chi connectivity index (χ3v) is 2.72. The highest BCUT2D eigenvalue weighted by molar-refractivity contribution is 5.69. The van der Waals surface area contributed by atoms with Gasteiger partial charge in [-0.15, -0.1) is 0 Å². The Balaban J connectivity index is 2.51. The molecular formula is C14H22N2O3. The van der Waals surface area contributed by atoms with Crippen molar-refractivity contribution in [3.05, 3.63) is 23.8 Å². The van der Waals surface area contributed by atoms with Crippen molar-refractivity contribution < 1.29 is 14.6 Å². The van der Waals surface area contributed by atoms with Crippen molar-refractivity contribution in [3.63, 3.8) is 0 Å². The molecule has 5 nitrogen and oxygen atoms in total. The maximum absolute atomic E-state index is 10.5. The van der Waals surface area contributed by atoms with E-state index >= 15 is 0 Å². The molecule has 0 heterocycles. The Bertz CT molecular complexity index is 421. The van der Waals surface area contributed by atoms with E-state index in [-0.39, 0.29) is 6.54 Å². The minimum atomic E-state index is -0.815. The summed E-state index contributed by atoms with van der Waals surface area (Å²) in [7, 11) is 1.79. The predicted octanol–water partition coefficient (Wildman–Crippen LogP) is 1.62. The van der Waals surface area contributed by atoms with Crippen LogP contribution in [0.1, 0.15) is 18.9 Å². The van der Waals surface area contributed by atoms with Crippen LogP contribution >= 0.6 is 0 Å². The summed E-state index contributed by atoms with van der Waals surface area (Å²) in [5.41, 5.74) is 7.63. The summed E-state index contributed by atoms with van der Waals surface area (Å²) < 4.78 is 5.51. The number of nitrogen functional groups attached to an aromatic ring is 1. The molecule has 1 aromatic carbocycles. The molecule has 0 atom stereocenters. The van der Waals surface area contributed by atoms with Gasteiger partial charge in [0.2, 0.25) is 0 Å².